The lowest BCUT2D eigenvalue weighted by Gasteiger charge is -2.06. The molecule has 3 rings (SSSR count). The molecule has 96 valence electrons. The largest absolute Gasteiger partial charge is 0.544 e. The van der Waals surface area contributed by atoms with Gasteiger partial charge in [-0.05, 0) is 24.3 Å². The number of carboxylic acid groups (broad SMARTS) is 1. The summed E-state index contributed by atoms with van der Waals surface area (Å²) in [4.78, 5) is 23.2. The molecular formula is C13H7ClNO3S-. The van der Waals surface area contributed by atoms with E-state index >= 15 is 0 Å². The monoisotopic (exact) mass is 292 g/mol. The molecule has 0 spiro atoms. The molecule has 0 N–H and O–H groups in total. The van der Waals surface area contributed by atoms with Crippen molar-refractivity contribution in [1.29, 1.82) is 0 Å². The highest BCUT2D eigenvalue weighted by molar-refractivity contribution is 7.21. The zero-order valence-electron chi connectivity index (χ0n) is 9.77. The van der Waals surface area contributed by atoms with Crippen molar-refractivity contribution in [2.75, 3.05) is 0 Å². The second kappa shape index (κ2) is 4.08. The van der Waals surface area contributed by atoms with Crippen LogP contribution in [0.2, 0.25) is 5.02 Å². The number of carbonyl (C=O) groups excluding carboxylic acids is 1. The van der Waals surface area contributed by atoms with E-state index in [0.717, 1.165) is 16.7 Å². The van der Waals surface area contributed by atoms with Gasteiger partial charge >= 0.3 is 0 Å². The van der Waals surface area contributed by atoms with Crippen molar-refractivity contribution in [1.82, 2.24) is 4.57 Å². The van der Waals surface area contributed by atoms with Crippen LogP contribution in [0.15, 0.2) is 29.1 Å². The van der Waals surface area contributed by atoms with Gasteiger partial charge < -0.3 is 14.5 Å². The number of rotatable bonds is 1. The number of fused-ring (bicyclic) bond motifs is 3. The molecule has 0 unspecified atom stereocenters. The number of aromatic nitrogens is 1. The molecule has 0 aliphatic carbocycles. The predicted molar refractivity (Wildman–Crippen MR) is 73.9 cm³/mol. The highest BCUT2D eigenvalue weighted by Gasteiger charge is 2.13. The Morgan fingerprint density at radius 1 is 1.32 bits per heavy atom. The van der Waals surface area contributed by atoms with E-state index in [0.29, 0.717) is 20.6 Å². The minimum Gasteiger partial charge on any atom is -0.544 e. The summed E-state index contributed by atoms with van der Waals surface area (Å²) in [5.74, 6) is -1.27. The Labute approximate surface area is 116 Å². The third-order valence-electron chi connectivity index (χ3n) is 3.03. The average molecular weight is 293 g/mol. The molecule has 1 aromatic carbocycles. The van der Waals surface area contributed by atoms with Crippen molar-refractivity contribution < 1.29 is 9.90 Å². The molecule has 0 atom stereocenters. The lowest BCUT2D eigenvalue weighted by atomic mass is 10.2. The zero-order valence-corrected chi connectivity index (χ0v) is 11.3. The van der Waals surface area contributed by atoms with Gasteiger partial charge in [0.15, 0.2) is 0 Å². The van der Waals surface area contributed by atoms with E-state index in [4.69, 9.17) is 11.6 Å². The number of aromatic carboxylic acids is 1. The maximum atomic E-state index is 12.2. The summed E-state index contributed by atoms with van der Waals surface area (Å²) in [5, 5.41) is 12.6. The normalized spacial score (nSPS) is 11.3. The van der Waals surface area contributed by atoms with Crippen LogP contribution >= 0.6 is 22.9 Å². The van der Waals surface area contributed by atoms with E-state index in [9.17, 15) is 14.7 Å². The third-order valence-corrected chi connectivity index (χ3v) is 4.42. The van der Waals surface area contributed by atoms with E-state index in [1.165, 1.54) is 10.6 Å². The highest BCUT2D eigenvalue weighted by Crippen LogP contribution is 2.31. The lowest BCUT2D eigenvalue weighted by Crippen LogP contribution is -2.20. The van der Waals surface area contributed by atoms with Crippen LogP contribution in [-0.4, -0.2) is 10.5 Å². The van der Waals surface area contributed by atoms with Crippen LogP contribution in [0.5, 0.6) is 0 Å². The van der Waals surface area contributed by atoms with Gasteiger partial charge in [0.05, 0.1) is 21.7 Å². The summed E-state index contributed by atoms with van der Waals surface area (Å²) >= 11 is 6.98. The fraction of sp³-hybridized carbons (Fsp3) is 0.0769. The van der Waals surface area contributed by atoms with Crippen LogP contribution in [0.3, 0.4) is 0 Å². The Balaban J connectivity index is 2.59. The van der Waals surface area contributed by atoms with Crippen LogP contribution in [0, 0.1) is 0 Å². The van der Waals surface area contributed by atoms with Gasteiger partial charge in [0.25, 0.3) is 5.56 Å². The summed E-state index contributed by atoms with van der Waals surface area (Å²) < 4.78 is 2.11. The summed E-state index contributed by atoms with van der Waals surface area (Å²) in [6.45, 7) is 0. The van der Waals surface area contributed by atoms with Crippen molar-refractivity contribution in [3.8, 4) is 0 Å². The van der Waals surface area contributed by atoms with Crippen molar-refractivity contribution in [2.24, 2.45) is 7.05 Å². The fourth-order valence-electron chi connectivity index (χ4n) is 2.11. The molecule has 0 bridgehead atoms. The number of thiophene rings is 1. The van der Waals surface area contributed by atoms with Gasteiger partial charge in [-0.2, -0.15) is 0 Å². The molecule has 6 heteroatoms. The first-order valence-corrected chi connectivity index (χ1v) is 6.61. The Kier molecular flexibility index (Phi) is 2.62. The number of hydrogen-bond donors (Lipinski definition) is 0. The highest BCUT2D eigenvalue weighted by atomic mass is 35.5. The number of nitrogens with zero attached hydrogens (tertiary/aromatic N) is 1. The third kappa shape index (κ3) is 1.74. The van der Waals surface area contributed by atoms with E-state index in [1.807, 2.05) is 0 Å². The van der Waals surface area contributed by atoms with Gasteiger partial charge in [0, 0.05) is 22.2 Å². The Hall–Kier alpha value is -1.85. The van der Waals surface area contributed by atoms with Crippen molar-refractivity contribution in [3.05, 3.63) is 44.5 Å². The fourth-order valence-corrected chi connectivity index (χ4v) is 3.30. The first-order valence-electron chi connectivity index (χ1n) is 5.42. The summed E-state index contributed by atoms with van der Waals surface area (Å²) in [6, 6.07) is 6.56. The number of benzene rings is 1. The smallest absolute Gasteiger partial charge is 0.259 e. The quantitative estimate of drug-likeness (QED) is 0.687. The second-order valence-corrected chi connectivity index (χ2v) is 5.66. The summed E-state index contributed by atoms with van der Waals surface area (Å²) in [7, 11) is 1.64. The Morgan fingerprint density at radius 2 is 2.05 bits per heavy atom. The van der Waals surface area contributed by atoms with E-state index in [2.05, 4.69) is 0 Å². The van der Waals surface area contributed by atoms with Crippen molar-refractivity contribution in [3.63, 3.8) is 0 Å². The minimum atomic E-state index is -1.27. The van der Waals surface area contributed by atoms with Crippen molar-refractivity contribution >= 4 is 49.9 Å². The molecule has 3 aromatic rings. The topological polar surface area (TPSA) is 62.1 Å². The van der Waals surface area contributed by atoms with Crippen LogP contribution in [0.25, 0.3) is 21.0 Å². The SMILES string of the molecule is Cn1c(=O)c2cc(C(=O)[O-])sc2c2ccc(Cl)cc21. The first-order chi connectivity index (χ1) is 8.99. The molecule has 0 saturated carbocycles. The summed E-state index contributed by atoms with van der Waals surface area (Å²) in [5.41, 5.74) is 0.435. The molecule has 19 heavy (non-hydrogen) atoms. The molecule has 0 saturated heterocycles. The molecule has 0 fully saturated rings. The lowest BCUT2D eigenvalue weighted by molar-refractivity contribution is -0.254. The molecule has 0 aliphatic heterocycles. The van der Waals surface area contributed by atoms with Crippen LogP contribution in [0.4, 0.5) is 0 Å². The molecule has 0 aliphatic rings. The van der Waals surface area contributed by atoms with Crippen LogP contribution in [0.1, 0.15) is 9.67 Å². The number of hydrogen-bond acceptors (Lipinski definition) is 4. The molecule has 0 amide bonds. The maximum absolute atomic E-state index is 12.2. The van der Waals surface area contributed by atoms with Gasteiger partial charge in [-0.25, -0.2) is 0 Å². The molecule has 2 heterocycles. The van der Waals surface area contributed by atoms with Gasteiger partial charge in [0.1, 0.15) is 0 Å². The number of aryl methyl sites for hydroxylation is 1. The first kappa shape index (κ1) is 12.2. The molecule has 2 aromatic heterocycles. The van der Waals surface area contributed by atoms with Crippen LogP contribution < -0.4 is 10.7 Å². The Morgan fingerprint density at radius 3 is 2.74 bits per heavy atom. The molecule has 0 radical (unpaired) electrons. The zero-order chi connectivity index (χ0) is 13.7. The van der Waals surface area contributed by atoms with E-state index < -0.39 is 5.97 Å². The second-order valence-electron chi connectivity index (χ2n) is 4.17. The number of halogens is 1. The van der Waals surface area contributed by atoms with E-state index in [-0.39, 0.29) is 10.4 Å². The standard InChI is InChI=1S/C13H8ClNO3S/c1-15-9-4-6(14)2-3-7(9)11-8(12(15)16)5-10(19-11)13(17)18/h2-5H,1H3,(H,17,18)/p-1. The van der Waals surface area contributed by atoms with Gasteiger partial charge in [-0.3, -0.25) is 4.79 Å². The number of carbonyl (C=O) groups is 1. The van der Waals surface area contributed by atoms with E-state index in [1.54, 1.807) is 25.2 Å². The Bertz CT molecular complexity index is 894. The van der Waals surface area contributed by atoms with Gasteiger partial charge in [0.2, 0.25) is 0 Å². The minimum absolute atomic E-state index is 0.0505. The van der Waals surface area contributed by atoms with Crippen molar-refractivity contribution in [2.45, 2.75) is 0 Å². The van der Waals surface area contributed by atoms with Gasteiger partial charge in [-0.1, -0.05) is 11.6 Å². The molecule has 4 nitrogen and oxygen atoms in total. The molecular weight excluding hydrogens is 286 g/mol. The average Bonchev–Trinajstić information content (AvgIpc) is 2.81. The predicted octanol–water partition coefficient (Wildman–Crippen LogP) is 1.77. The van der Waals surface area contributed by atoms with Crippen LogP contribution in [-0.2, 0) is 7.05 Å². The number of pyridine rings is 1. The summed E-state index contributed by atoms with van der Waals surface area (Å²) in [6.07, 6.45) is 0. The van der Waals surface area contributed by atoms with Gasteiger partial charge in [-0.15, -0.1) is 11.3 Å². The number of carboxylic acids is 1. The maximum Gasteiger partial charge on any atom is 0.259 e.